The van der Waals surface area contributed by atoms with Crippen LogP contribution in [0.15, 0.2) is 0 Å². The molecule has 0 bridgehead atoms. The molecular formula is C14H29N3O. The van der Waals surface area contributed by atoms with Gasteiger partial charge in [-0.05, 0) is 44.8 Å². The Hall–Kier alpha value is -0.610. The number of hydrogen-bond acceptors (Lipinski definition) is 3. The highest BCUT2D eigenvalue weighted by Gasteiger charge is 2.25. The fraction of sp³-hybridized carbons (Fsp3) is 0.929. The highest BCUT2D eigenvalue weighted by molar-refractivity contribution is 5.78. The van der Waals surface area contributed by atoms with E-state index in [9.17, 15) is 4.79 Å². The molecule has 0 aromatic rings. The summed E-state index contributed by atoms with van der Waals surface area (Å²) in [7, 11) is 0. The first-order valence-corrected chi connectivity index (χ1v) is 7.28. The summed E-state index contributed by atoms with van der Waals surface area (Å²) in [4.78, 5) is 14.4. The van der Waals surface area contributed by atoms with Crippen LogP contribution < -0.4 is 11.1 Å². The Balaban J connectivity index is 2.39. The van der Waals surface area contributed by atoms with Gasteiger partial charge in [0.05, 0.1) is 0 Å². The zero-order valence-corrected chi connectivity index (χ0v) is 12.1. The van der Waals surface area contributed by atoms with Crippen molar-refractivity contribution < 1.29 is 4.79 Å². The third kappa shape index (κ3) is 4.58. The first kappa shape index (κ1) is 15.4. The first-order valence-electron chi connectivity index (χ1n) is 7.28. The number of likely N-dealkylation sites (tertiary alicyclic amines) is 1. The summed E-state index contributed by atoms with van der Waals surface area (Å²) in [5.74, 6) is 0.750. The number of carbonyl (C=O) groups excluding carboxylic acids is 1. The molecule has 4 nitrogen and oxygen atoms in total. The topological polar surface area (TPSA) is 58.4 Å². The van der Waals surface area contributed by atoms with Gasteiger partial charge in [-0.25, -0.2) is 0 Å². The predicted molar refractivity (Wildman–Crippen MR) is 75.3 cm³/mol. The van der Waals surface area contributed by atoms with Gasteiger partial charge in [-0.3, -0.25) is 9.69 Å². The van der Waals surface area contributed by atoms with Crippen LogP contribution in [0.1, 0.15) is 40.0 Å². The number of nitrogens with one attached hydrogen (secondary N) is 1. The molecule has 0 spiro atoms. The molecule has 1 heterocycles. The molecule has 18 heavy (non-hydrogen) atoms. The number of nitrogens with two attached hydrogens (primary N) is 1. The van der Waals surface area contributed by atoms with Gasteiger partial charge in [-0.1, -0.05) is 20.8 Å². The lowest BCUT2D eigenvalue weighted by Gasteiger charge is -2.31. The van der Waals surface area contributed by atoms with Crippen LogP contribution in [0.2, 0.25) is 0 Å². The number of hydrogen-bond donors (Lipinski definition) is 2. The molecule has 0 aromatic heterocycles. The van der Waals surface area contributed by atoms with Crippen molar-refractivity contribution in [3.8, 4) is 0 Å². The molecule has 4 heteroatoms. The maximum atomic E-state index is 11.9. The van der Waals surface area contributed by atoms with Crippen LogP contribution in [-0.2, 0) is 4.79 Å². The number of amides is 1. The van der Waals surface area contributed by atoms with E-state index >= 15 is 0 Å². The highest BCUT2D eigenvalue weighted by Crippen LogP contribution is 2.17. The van der Waals surface area contributed by atoms with Gasteiger partial charge in [0.25, 0.3) is 0 Å². The van der Waals surface area contributed by atoms with Gasteiger partial charge < -0.3 is 11.1 Å². The molecule has 1 aliphatic rings. The van der Waals surface area contributed by atoms with Crippen molar-refractivity contribution in [2.75, 3.05) is 26.2 Å². The second-order valence-corrected chi connectivity index (χ2v) is 5.78. The molecule has 2 atom stereocenters. The lowest BCUT2D eigenvalue weighted by molar-refractivity contribution is -0.124. The molecule has 1 saturated heterocycles. The molecule has 1 rings (SSSR count). The molecule has 0 aromatic carbocycles. The van der Waals surface area contributed by atoms with Gasteiger partial charge in [-0.15, -0.1) is 0 Å². The molecule has 0 saturated carbocycles. The smallest absolute Gasteiger partial charge is 0.222 e. The summed E-state index contributed by atoms with van der Waals surface area (Å²) in [6, 6.07) is 0.474. The minimum Gasteiger partial charge on any atom is -0.354 e. The van der Waals surface area contributed by atoms with E-state index in [0.717, 1.165) is 13.0 Å². The van der Waals surface area contributed by atoms with Gasteiger partial charge in [-0.2, -0.15) is 0 Å². The second kappa shape index (κ2) is 7.74. The summed E-state index contributed by atoms with van der Waals surface area (Å²) in [5, 5.41) is 3.09. The van der Waals surface area contributed by atoms with Gasteiger partial charge in [0.15, 0.2) is 0 Å². The molecule has 1 amide bonds. The Kier molecular flexibility index (Phi) is 6.65. The molecule has 3 N–H and O–H groups in total. The zero-order chi connectivity index (χ0) is 13.5. The van der Waals surface area contributed by atoms with Crippen LogP contribution in [0.4, 0.5) is 0 Å². The van der Waals surface area contributed by atoms with Crippen molar-refractivity contribution in [3.05, 3.63) is 0 Å². The van der Waals surface area contributed by atoms with E-state index in [-0.39, 0.29) is 11.8 Å². The summed E-state index contributed by atoms with van der Waals surface area (Å²) in [5.41, 5.74) is 5.48. The molecule has 106 valence electrons. The van der Waals surface area contributed by atoms with Crippen LogP contribution in [0.3, 0.4) is 0 Å². The van der Waals surface area contributed by atoms with Crippen molar-refractivity contribution in [1.29, 1.82) is 0 Å². The highest BCUT2D eigenvalue weighted by atomic mass is 16.1. The number of carbonyl (C=O) groups is 1. The Morgan fingerprint density at radius 1 is 1.28 bits per heavy atom. The zero-order valence-electron chi connectivity index (χ0n) is 12.1. The maximum absolute atomic E-state index is 11.9. The molecule has 1 fully saturated rings. The van der Waals surface area contributed by atoms with Crippen molar-refractivity contribution in [3.63, 3.8) is 0 Å². The van der Waals surface area contributed by atoms with E-state index in [1.54, 1.807) is 0 Å². The van der Waals surface area contributed by atoms with Gasteiger partial charge in [0.1, 0.15) is 0 Å². The lowest BCUT2D eigenvalue weighted by atomic mass is 10.0. The van der Waals surface area contributed by atoms with Crippen molar-refractivity contribution in [2.24, 2.45) is 17.6 Å². The van der Waals surface area contributed by atoms with Crippen LogP contribution >= 0.6 is 0 Å². The standard InChI is InChI=1S/C14H29N3O/c1-11(2)13(17-8-4-5-9-17)10-16-14(18)12(3)6-7-15/h11-13H,4-10,15H2,1-3H3,(H,16,18). The van der Waals surface area contributed by atoms with E-state index < -0.39 is 0 Å². The van der Waals surface area contributed by atoms with E-state index in [1.165, 1.54) is 25.9 Å². The molecule has 1 aliphatic heterocycles. The fourth-order valence-corrected chi connectivity index (χ4v) is 2.62. The Bertz CT molecular complexity index is 249. The Labute approximate surface area is 111 Å². The minimum atomic E-state index is 0.0291. The van der Waals surface area contributed by atoms with Crippen molar-refractivity contribution >= 4 is 5.91 Å². The van der Waals surface area contributed by atoms with E-state index in [1.807, 2.05) is 6.92 Å². The van der Waals surface area contributed by atoms with E-state index in [4.69, 9.17) is 5.73 Å². The quantitative estimate of drug-likeness (QED) is 0.719. The van der Waals surface area contributed by atoms with Crippen LogP contribution in [-0.4, -0.2) is 43.0 Å². The fourth-order valence-electron chi connectivity index (χ4n) is 2.62. The summed E-state index contributed by atoms with van der Waals surface area (Å²) in [6.07, 6.45) is 3.35. The third-order valence-corrected chi connectivity index (χ3v) is 3.91. The Morgan fingerprint density at radius 2 is 1.89 bits per heavy atom. The number of nitrogens with zero attached hydrogens (tertiary/aromatic N) is 1. The summed E-state index contributed by atoms with van der Waals surface area (Å²) >= 11 is 0. The normalized spacial score (nSPS) is 20.1. The molecule has 2 unspecified atom stereocenters. The van der Waals surface area contributed by atoms with E-state index in [0.29, 0.717) is 18.5 Å². The first-order chi connectivity index (χ1) is 8.56. The van der Waals surface area contributed by atoms with Crippen LogP contribution in [0.5, 0.6) is 0 Å². The largest absolute Gasteiger partial charge is 0.354 e. The maximum Gasteiger partial charge on any atom is 0.222 e. The van der Waals surface area contributed by atoms with Crippen LogP contribution in [0.25, 0.3) is 0 Å². The SMILES string of the molecule is CC(CCN)C(=O)NCC(C(C)C)N1CCCC1. The average Bonchev–Trinajstić information content (AvgIpc) is 2.82. The lowest BCUT2D eigenvalue weighted by Crippen LogP contribution is -2.46. The predicted octanol–water partition coefficient (Wildman–Crippen LogP) is 1.21. The number of rotatable bonds is 7. The average molecular weight is 255 g/mol. The van der Waals surface area contributed by atoms with Crippen LogP contribution in [0, 0.1) is 11.8 Å². The third-order valence-electron chi connectivity index (χ3n) is 3.91. The minimum absolute atomic E-state index is 0.0291. The molecule has 0 aliphatic carbocycles. The van der Waals surface area contributed by atoms with Gasteiger partial charge in [0.2, 0.25) is 5.91 Å². The van der Waals surface area contributed by atoms with Gasteiger partial charge in [0, 0.05) is 18.5 Å². The molecule has 0 radical (unpaired) electrons. The Morgan fingerprint density at radius 3 is 2.39 bits per heavy atom. The molecular weight excluding hydrogens is 226 g/mol. The monoisotopic (exact) mass is 255 g/mol. The summed E-state index contributed by atoms with van der Waals surface area (Å²) < 4.78 is 0. The van der Waals surface area contributed by atoms with Gasteiger partial charge >= 0.3 is 0 Å². The second-order valence-electron chi connectivity index (χ2n) is 5.78. The summed E-state index contributed by atoms with van der Waals surface area (Å²) in [6.45, 7) is 10.1. The van der Waals surface area contributed by atoms with Crippen molar-refractivity contribution in [2.45, 2.75) is 46.1 Å². The van der Waals surface area contributed by atoms with E-state index in [2.05, 4.69) is 24.1 Å². The van der Waals surface area contributed by atoms with Crippen molar-refractivity contribution in [1.82, 2.24) is 10.2 Å².